The second kappa shape index (κ2) is 10.2. The van der Waals surface area contributed by atoms with Gasteiger partial charge in [0.15, 0.2) is 5.79 Å². The van der Waals surface area contributed by atoms with Crippen molar-refractivity contribution in [1.29, 1.82) is 0 Å². The van der Waals surface area contributed by atoms with Crippen molar-refractivity contribution in [2.24, 2.45) is 50.2 Å². The van der Waals surface area contributed by atoms with Crippen LogP contribution < -0.4 is 0 Å². The Morgan fingerprint density at radius 1 is 0.783 bits per heavy atom. The van der Waals surface area contributed by atoms with Crippen LogP contribution in [0, 0.1) is 57.2 Å². The standard InChI is InChI=1S/C40H60O5S/c1-26-11-13-27(14-12-26)46(41,42)45-33-24-34(2,3)23-29-28-15-16-31-37(7)19-18-32-38(8,25-43-35(4,5)44-32)30(37)17-20-40(31,10)39(28,9)22-21-36(29,33)6/h11-15,29-33H,16-25H2,1-10H3/t29-,30?,31-,32?,33-,36-,37+,38+,39-,40-/m1/s1. The molecule has 10 atom stereocenters. The molecule has 1 aromatic carbocycles. The fourth-order valence-electron chi connectivity index (χ4n) is 12.6. The van der Waals surface area contributed by atoms with E-state index in [1.165, 1.54) is 19.3 Å². The van der Waals surface area contributed by atoms with Crippen molar-refractivity contribution < 1.29 is 22.1 Å². The minimum atomic E-state index is -3.88. The molecule has 1 aliphatic heterocycles. The molecule has 0 aromatic heterocycles. The lowest BCUT2D eigenvalue weighted by molar-refractivity contribution is -0.351. The second-order valence-electron chi connectivity index (χ2n) is 19.1. The first kappa shape index (κ1) is 33.3. The molecule has 0 radical (unpaired) electrons. The van der Waals surface area contributed by atoms with E-state index in [4.69, 9.17) is 13.7 Å². The van der Waals surface area contributed by atoms with Crippen LogP contribution in [0.1, 0.15) is 126 Å². The lowest BCUT2D eigenvalue weighted by atomic mass is 9.33. The lowest BCUT2D eigenvalue weighted by Crippen LogP contribution is -2.68. The molecule has 46 heavy (non-hydrogen) atoms. The van der Waals surface area contributed by atoms with Crippen LogP contribution in [0.25, 0.3) is 0 Å². The number of fused-ring (bicyclic) bond motifs is 9. The Bertz CT molecular complexity index is 1530. The van der Waals surface area contributed by atoms with E-state index in [1.54, 1.807) is 17.7 Å². The van der Waals surface area contributed by atoms with Crippen molar-refractivity contribution in [1.82, 2.24) is 0 Å². The van der Waals surface area contributed by atoms with Crippen molar-refractivity contribution >= 4 is 10.1 Å². The highest BCUT2D eigenvalue weighted by molar-refractivity contribution is 7.86. The predicted molar refractivity (Wildman–Crippen MR) is 183 cm³/mol. The number of hydrogen-bond donors (Lipinski definition) is 0. The molecule has 5 aliphatic carbocycles. The Morgan fingerprint density at radius 2 is 1.48 bits per heavy atom. The van der Waals surface area contributed by atoms with Crippen LogP contribution in [0.15, 0.2) is 40.8 Å². The van der Waals surface area contributed by atoms with Gasteiger partial charge in [-0.25, -0.2) is 0 Å². The zero-order valence-corrected chi connectivity index (χ0v) is 31.1. The van der Waals surface area contributed by atoms with E-state index in [-0.39, 0.29) is 49.6 Å². The summed E-state index contributed by atoms with van der Waals surface area (Å²) in [5.41, 5.74) is 2.97. The minimum Gasteiger partial charge on any atom is -0.350 e. The SMILES string of the molecule is Cc1ccc(S(=O)(=O)O[C@@H]2CC(C)(C)C[C@@H]3C4=CC[C@@H]5[C@@]6(C)CCC7OC(C)(C)OC[C@@]7(C)C6CC[C@@]5(C)[C@]4(C)CC[C@]32C)cc1. The van der Waals surface area contributed by atoms with Gasteiger partial charge in [0.25, 0.3) is 10.1 Å². The topological polar surface area (TPSA) is 61.8 Å². The van der Waals surface area contributed by atoms with E-state index in [1.807, 2.05) is 19.1 Å². The van der Waals surface area contributed by atoms with Crippen LogP contribution >= 0.6 is 0 Å². The summed E-state index contributed by atoms with van der Waals surface area (Å²) < 4.78 is 46.7. The number of aryl methyl sites for hydroxylation is 1. The summed E-state index contributed by atoms with van der Waals surface area (Å²) in [6.07, 6.45) is 12.4. The van der Waals surface area contributed by atoms with Gasteiger partial charge in [-0.2, -0.15) is 8.42 Å². The number of allylic oxidation sites excluding steroid dienone is 2. The molecule has 6 heteroatoms. The van der Waals surface area contributed by atoms with Gasteiger partial charge in [-0.15, -0.1) is 0 Å². The van der Waals surface area contributed by atoms with Crippen LogP contribution in [0.3, 0.4) is 0 Å². The van der Waals surface area contributed by atoms with Crippen LogP contribution in [0.2, 0.25) is 0 Å². The molecular weight excluding hydrogens is 593 g/mol. The maximum Gasteiger partial charge on any atom is 0.297 e. The first-order valence-corrected chi connectivity index (χ1v) is 19.6. The van der Waals surface area contributed by atoms with Gasteiger partial charge in [0.1, 0.15) is 0 Å². The van der Waals surface area contributed by atoms with E-state index in [0.29, 0.717) is 17.8 Å². The van der Waals surface area contributed by atoms with Crippen molar-refractivity contribution in [2.75, 3.05) is 6.61 Å². The molecule has 0 spiro atoms. The minimum absolute atomic E-state index is 0.0140. The molecule has 0 amide bonds. The molecular formula is C40H60O5S. The van der Waals surface area contributed by atoms with Gasteiger partial charge in [-0.05, 0) is 130 Å². The molecule has 1 saturated heterocycles. The highest BCUT2D eigenvalue weighted by atomic mass is 32.2. The summed E-state index contributed by atoms with van der Waals surface area (Å²) in [5, 5.41) is 0. The Balaban J connectivity index is 1.23. The Morgan fingerprint density at radius 3 is 2.17 bits per heavy atom. The van der Waals surface area contributed by atoms with Gasteiger partial charge in [0.2, 0.25) is 0 Å². The molecule has 256 valence electrons. The van der Waals surface area contributed by atoms with Crippen molar-refractivity contribution in [3.05, 3.63) is 41.5 Å². The van der Waals surface area contributed by atoms with Gasteiger partial charge in [0, 0.05) is 10.8 Å². The molecule has 7 rings (SSSR count). The highest BCUT2D eigenvalue weighted by Crippen LogP contribution is 2.76. The smallest absolute Gasteiger partial charge is 0.297 e. The van der Waals surface area contributed by atoms with E-state index in [0.717, 1.165) is 50.7 Å². The summed E-state index contributed by atoms with van der Waals surface area (Å²) in [7, 11) is -3.88. The van der Waals surface area contributed by atoms with E-state index in [9.17, 15) is 8.42 Å². The summed E-state index contributed by atoms with van der Waals surface area (Å²) in [6.45, 7) is 24.2. The number of rotatable bonds is 3. The fourth-order valence-corrected chi connectivity index (χ4v) is 13.8. The van der Waals surface area contributed by atoms with Crippen molar-refractivity contribution in [3.63, 3.8) is 0 Å². The first-order valence-electron chi connectivity index (χ1n) is 18.2. The maximum absolute atomic E-state index is 13.7. The third-order valence-corrected chi connectivity index (χ3v) is 16.9. The third-order valence-electron chi connectivity index (χ3n) is 15.5. The monoisotopic (exact) mass is 652 g/mol. The zero-order chi connectivity index (χ0) is 33.3. The number of hydrogen-bond acceptors (Lipinski definition) is 5. The van der Waals surface area contributed by atoms with Gasteiger partial charge < -0.3 is 9.47 Å². The highest BCUT2D eigenvalue weighted by Gasteiger charge is 2.70. The Labute approximate surface area is 279 Å². The Hall–Kier alpha value is -1.21. The molecule has 2 unspecified atom stereocenters. The van der Waals surface area contributed by atoms with Crippen LogP contribution in [0.5, 0.6) is 0 Å². The normalized spacial score (nSPS) is 47.7. The first-order chi connectivity index (χ1) is 21.2. The average Bonchev–Trinajstić information content (AvgIpc) is 2.95. The fraction of sp³-hybridized carbons (Fsp3) is 0.800. The summed E-state index contributed by atoms with van der Waals surface area (Å²) in [5.74, 6) is 1.00. The van der Waals surface area contributed by atoms with Crippen LogP contribution in [0.4, 0.5) is 0 Å². The van der Waals surface area contributed by atoms with E-state index in [2.05, 4.69) is 68.4 Å². The molecule has 4 saturated carbocycles. The molecule has 6 aliphatic rings. The molecule has 0 bridgehead atoms. The van der Waals surface area contributed by atoms with Crippen molar-refractivity contribution in [2.45, 2.75) is 150 Å². The van der Waals surface area contributed by atoms with Gasteiger partial charge in [0.05, 0.1) is 23.7 Å². The van der Waals surface area contributed by atoms with E-state index < -0.39 is 15.9 Å². The average molecular weight is 653 g/mol. The molecule has 0 N–H and O–H groups in total. The molecule has 5 fully saturated rings. The predicted octanol–water partition coefficient (Wildman–Crippen LogP) is 9.63. The van der Waals surface area contributed by atoms with Gasteiger partial charge >= 0.3 is 0 Å². The summed E-state index contributed by atoms with van der Waals surface area (Å²) >= 11 is 0. The molecule has 1 heterocycles. The van der Waals surface area contributed by atoms with E-state index >= 15 is 0 Å². The lowest BCUT2D eigenvalue weighted by Gasteiger charge is -2.72. The van der Waals surface area contributed by atoms with Crippen LogP contribution in [-0.2, 0) is 23.8 Å². The quantitative estimate of drug-likeness (QED) is 0.240. The summed E-state index contributed by atoms with van der Waals surface area (Å²) in [6, 6.07) is 7.11. The summed E-state index contributed by atoms with van der Waals surface area (Å²) in [4.78, 5) is 0.264. The largest absolute Gasteiger partial charge is 0.350 e. The zero-order valence-electron chi connectivity index (χ0n) is 30.3. The number of ether oxygens (including phenoxy) is 2. The number of benzene rings is 1. The Kier molecular flexibility index (Phi) is 7.36. The van der Waals surface area contributed by atoms with Crippen molar-refractivity contribution in [3.8, 4) is 0 Å². The molecule has 1 aromatic rings. The molecule has 5 nitrogen and oxygen atoms in total. The third kappa shape index (κ3) is 4.65. The second-order valence-corrected chi connectivity index (χ2v) is 20.7. The maximum atomic E-state index is 13.7. The van der Waals surface area contributed by atoms with Crippen LogP contribution in [-0.4, -0.2) is 33.0 Å². The van der Waals surface area contributed by atoms with Gasteiger partial charge in [-0.1, -0.05) is 77.8 Å². The van der Waals surface area contributed by atoms with Gasteiger partial charge in [-0.3, -0.25) is 4.18 Å².